The van der Waals surface area contributed by atoms with E-state index in [1.165, 1.54) is 5.56 Å². The maximum absolute atomic E-state index is 5.76. The third-order valence-corrected chi connectivity index (χ3v) is 3.14. The normalized spacial score (nSPS) is 22.0. The average Bonchev–Trinajstić information content (AvgIpc) is 2.39. The van der Waals surface area contributed by atoms with Crippen molar-refractivity contribution in [2.75, 3.05) is 13.2 Å². The molecule has 1 heterocycles. The van der Waals surface area contributed by atoms with Crippen molar-refractivity contribution in [3.8, 4) is 5.75 Å². The van der Waals surface area contributed by atoms with Gasteiger partial charge in [-0.1, -0.05) is 18.2 Å². The number of hydrogen-bond acceptors (Lipinski definition) is 2. The molecule has 1 aliphatic rings. The second kappa shape index (κ2) is 4.23. The summed E-state index contributed by atoms with van der Waals surface area (Å²) in [5, 5.41) is 0. The van der Waals surface area contributed by atoms with Gasteiger partial charge >= 0.3 is 0 Å². The Kier molecular flexibility index (Phi) is 2.96. The van der Waals surface area contributed by atoms with Crippen molar-refractivity contribution in [2.45, 2.75) is 32.9 Å². The number of ether oxygens (including phenoxy) is 1. The summed E-state index contributed by atoms with van der Waals surface area (Å²) in [5.41, 5.74) is 1.31. The van der Waals surface area contributed by atoms with Gasteiger partial charge in [0.1, 0.15) is 12.4 Å². The van der Waals surface area contributed by atoms with Crippen molar-refractivity contribution in [2.24, 2.45) is 0 Å². The molecule has 0 amide bonds. The van der Waals surface area contributed by atoms with Gasteiger partial charge in [-0.25, -0.2) is 0 Å². The molecule has 1 unspecified atom stereocenters. The number of hydrogen-bond donors (Lipinski definition) is 0. The van der Waals surface area contributed by atoms with Crippen LogP contribution in [-0.4, -0.2) is 24.1 Å². The van der Waals surface area contributed by atoms with Gasteiger partial charge in [0.2, 0.25) is 0 Å². The molecular weight excluding hydrogens is 186 g/mol. The zero-order valence-electron chi connectivity index (χ0n) is 9.73. The van der Waals surface area contributed by atoms with Crippen molar-refractivity contribution in [1.29, 1.82) is 0 Å². The summed E-state index contributed by atoms with van der Waals surface area (Å²) in [7, 11) is 0. The third kappa shape index (κ3) is 2.00. The first kappa shape index (κ1) is 10.5. The molecule has 1 aromatic rings. The summed E-state index contributed by atoms with van der Waals surface area (Å²) in [4.78, 5) is 2.48. The highest BCUT2D eigenvalue weighted by molar-refractivity contribution is 5.36. The lowest BCUT2D eigenvalue weighted by molar-refractivity contribution is 0.152. The molecule has 0 fully saturated rings. The fourth-order valence-corrected chi connectivity index (χ4v) is 2.30. The van der Waals surface area contributed by atoms with Crippen LogP contribution in [0.5, 0.6) is 5.75 Å². The molecule has 0 saturated carbocycles. The summed E-state index contributed by atoms with van der Waals surface area (Å²) in [6.07, 6.45) is 0. The van der Waals surface area contributed by atoms with Gasteiger partial charge in [-0.2, -0.15) is 0 Å². The van der Waals surface area contributed by atoms with Crippen LogP contribution >= 0.6 is 0 Å². The first-order chi connectivity index (χ1) is 7.20. The van der Waals surface area contributed by atoms with E-state index in [1.54, 1.807) is 0 Å². The average molecular weight is 205 g/mol. The van der Waals surface area contributed by atoms with Crippen LogP contribution in [0.25, 0.3) is 0 Å². The van der Waals surface area contributed by atoms with Crippen LogP contribution < -0.4 is 4.74 Å². The monoisotopic (exact) mass is 205 g/mol. The van der Waals surface area contributed by atoms with Crippen molar-refractivity contribution in [1.82, 2.24) is 4.90 Å². The van der Waals surface area contributed by atoms with E-state index < -0.39 is 0 Å². The quantitative estimate of drug-likeness (QED) is 0.699. The van der Waals surface area contributed by atoms with Crippen LogP contribution in [0, 0.1) is 0 Å². The molecule has 2 nitrogen and oxygen atoms in total. The highest BCUT2D eigenvalue weighted by atomic mass is 16.5. The van der Waals surface area contributed by atoms with E-state index in [9.17, 15) is 0 Å². The van der Waals surface area contributed by atoms with Gasteiger partial charge in [0.25, 0.3) is 0 Å². The zero-order valence-corrected chi connectivity index (χ0v) is 9.73. The van der Waals surface area contributed by atoms with Crippen LogP contribution in [-0.2, 0) is 0 Å². The Balaban J connectivity index is 2.34. The topological polar surface area (TPSA) is 12.5 Å². The van der Waals surface area contributed by atoms with Gasteiger partial charge in [-0.15, -0.1) is 0 Å². The molecule has 2 heteroatoms. The van der Waals surface area contributed by atoms with Gasteiger partial charge in [-0.3, -0.25) is 4.90 Å². The van der Waals surface area contributed by atoms with E-state index >= 15 is 0 Å². The number of para-hydroxylation sites is 1. The molecule has 15 heavy (non-hydrogen) atoms. The maximum Gasteiger partial charge on any atom is 0.124 e. The van der Waals surface area contributed by atoms with Crippen LogP contribution in [0.4, 0.5) is 0 Å². The predicted octanol–water partition coefficient (Wildman–Crippen LogP) is 2.85. The maximum atomic E-state index is 5.76. The molecule has 82 valence electrons. The fraction of sp³-hybridized carbons (Fsp3) is 0.538. The Hall–Kier alpha value is -1.02. The Labute approximate surface area is 91.9 Å². The molecule has 1 aliphatic heterocycles. The minimum Gasteiger partial charge on any atom is -0.492 e. The van der Waals surface area contributed by atoms with Crippen LogP contribution in [0.3, 0.4) is 0 Å². The summed E-state index contributed by atoms with van der Waals surface area (Å²) in [5.74, 6) is 1.05. The zero-order chi connectivity index (χ0) is 10.8. The molecule has 1 atom stereocenters. The number of nitrogens with zero attached hydrogens (tertiary/aromatic N) is 1. The van der Waals surface area contributed by atoms with Gasteiger partial charge in [0.05, 0.1) is 0 Å². The number of rotatable bonds is 1. The van der Waals surface area contributed by atoms with E-state index in [0.29, 0.717) is 12.1 Å². The van der Waals surface area contributed by atoms with Gasteiger partial charge < -0.3 is 4.74 Å². The standard InChI is InChI=1S/C13H19NO/c1-10(2)14-8-9-15-13-7-5-4-6-12(13)11(14)3/h4-7,10-11H,8-9H2,1-3H3. The van der Waals surface area contributed by atoms with Crippen LogP contribution in [0.1, 0.15) is 32.4 Å². The van der Waals surface area contributed by atoms with Crippen molar-refractivity contribution < 1.29 is 4.74 Å². The minimum atomic E-state index is 0.448. The van der Waals surface area contributed by atoms with Gasteiger partial charge in [0, 0.05) is 24.2 Å². The highest BCUT2D eigenvalue weighted by Crippen LogP contribution is 2.32. The summed E-state index contributed by atoms with van der Waals surface area (Å²) < 4.78 is 5.76. The fourth-order valence-electron chi connectivity index (χ4n) is 2.30. The lowest BCUT2D eigenvalue weighted by Crippen LogP contribution is -2.34. The molecule has 0 N–H and O–H groups in total. The molecule has 0 spiro atoms. The lowest BCUT2D eigenvalue weighted by Gasteiger charge is -2.30. The Bertz CT molecular complexity index is 335. The second-order valence-corrected chi connectivity index (χ2v) is 4.39. The molecule has 1 aromatic carbocycles. The summed E-state index contributed by atoms with van der Waals surface area (Å²) in [6.45, 7) is 8.54. The van der Waals surface area contributed by atoms with Crippen LogP contribution in [0.2, 0.25) is 0 Å². The van der Waals surface area contributed by atoms with E-state index in [1.807, 2.05) is 6.07 Å². The first-order valence-electron chi connectivity index (χ1n) is 5.67. The molecule has 0 aliphatic carbocycles. The Morgan fingerprint density at radius 2 is 2.07 bits per heavy atom. The third-order valence-electron chi connectivity index (χ3n) is 3.14. The molecule has 0 saturated heterocycles. The lowest BCUT2D eigenvalue weighted by atomic mass is 10.1. The van der Waals surface area contributed by atoms with E-state index in [4.69, 9.17) is 4.74 Å². The van der Waals surface area contributed by atoms with Crippen molar-refractivity contribution >= 4 is 0 Å². The molecule has 0 radical (unpaired) electrons. The molecule has 0 bridgehead atoms. The first-order valence-corrected chi connectivity index (χ1v) is 5.67. The number of benzene rings is 1. The van der Waals surface area contributed by atoms with Gasteiger partial charge in [0.15, 0.2) is 0 Å². The SMILES string of the molecule is CC(C)N1CCOc2ccccc2C1C. The van der Waals surface area contributed by atoms with Crippen molar-refractivity contribution in [3.05, 3.63) is 29.8 Å². The van der Waals surface area contributed by atoms with Gasteiger partial charge in [-0.05, 0) is 26.8 Å². The summed E-state index contributed by atoms with van der Waals surface area (Å²) in [6, 6.07) is 9.37. The van der Waals surface area contributed by atoms with E-state index in [2.05, 4.69) is 43.9 Å². The largest absolute Gasteiger partial charge is 0.492 e. The Morgan fingerprint density at radius 3 is 2.80 bits per heavy atom. The summed E-state index contributed by atoms with van der Waals surface area (Å²) >= 11 is 0. The predicted molar refractivity (Wildman–Crippen MR) is 62.2 cm³/mol. The van der Waals surface area contributed by atoms with E-state index in [-0.39, 0.29) is 0 Å². The molecule has 2 rings (SSSR count). The number of fused-ring (bicyclic) bond motifs is 1. The smallest absolute Gasteiger partial charge is 0.124 e. The second-order valence-electron chi connectivity index (χ2n) is 4.39. The van der Waals surface area contributed by atoms with E-state index in [0.717, 1.165) is 18.9 Å². The van der Waals surface area contributed by atoms with Crippen LogP contribution in [0.15, 0.2) is 24.3 Å². The molecule has 0 aromatic heterocycles. The Morgan fingerprint density at radius 1 is 1.33 bits per heavy atom. The van der Waals surface area contributed by atoms with Crippen molar-refractivity contribution in [3.63, 3.8) is 0 Å². The highest BCUT2D eigenvalue weighted by Gasteiger charge is 2.24. The molecular formula is C13H19NO. The minimum absolute atomic E-state index is 0.448.